The zero-order valence-electron chi connectivity index (χ0n) is 12.6. The van der Waals surface area contributed by atoms with E-state index in [-0.39, 0.29) is 24.4 Å². The normalized spacial score (nSPS) is 25.8. The van der Waals surface area contributed by atoms with Crippen LogP contribution >= 0.6 is 0 Å². The minimum atomic E-state index is -0.832. The van der Waals surface area contributed by atoms with Crippen LogP contribution in [0.2, 0.25) is 0 Å². The molecule has 3 heterocycles. The highest BCUT2D eigenvalue weighted by Gasteiger charge is 2.37. The molecule has 3 rings (SSSR count). The summed E-state index contributed by atoms with van der Waals surface area (Å²) >= 11 is 0. The number of aryl methyl sites for hydroxylation is 1. The number of aliphatic carboxylic acids is 1. The van der Waals surface area contributed by atoms with Crippen molar-refractivity contribution < 1.29 is 19.4 Å². The van der Waals surface area contributed by atoms with E-state index in [4.69, 9.17) is 9.84 Å². The van der Waals surface area contributed by atoms with Crippen LogP contribution in [0.15, 0.2) is 18.3 Å². The van der Waals surface area contributed by atoms with E-state index < -0.39 is 5.97 Å². The predicted molar refractivity (Wildman–Crippen MR) is 78.6 cm³/mol. The van der Waals surface area contributed by atoms with Gasteiger partial charge in [-0.2, -0.15) is 0 Å². The molecule has 0 radical (unpaired) electrons. The van der Waals surface area contributed by atoms with Gasteiger partial charge in [0, 0.05) is 38.8 Å². The minimum Gasteiger partial charge on any atom is -0.480 e. The summed E-state index contributed by atoms with van der Waals surface area (Å²) in [6.07, 6.45) is 1.85. The summed E-state index contributed by atoms with van der Waals surface area (Å²) in [6, 6.07) is 3.56. The molecule has 0 unspecified atom stereocenters. The highest BCUT2D eigenvalue weighted by molar-refractivity contribution is 5.93. The minimum absolute atomic E-state index is 0.00910. The molecule has 2 bridgehead atoms. The molecule has 0 aromatic carbocycles. The average molecular weight is 307 g/mol. The lowest BCUT2D eigenvalue weighted by molar-refractivity contribution is -0.138. The Morgan fingerprint density at radius 3 is 2.82 bits per heavy atom. The maximum absolute atomic E-state index is 12.8. The van der Waals surface area contributed by atoms with Gasteiger partial charge in [0.2, 0.25) is 0 Å². The van der Waals surface area contributed by atoms with Crippen LogP contribution in [0.1, 0.15) is 10.5 Å². The van der Waals surface area contributed by atoms with Gasteiger partial charge in [0.1, 0.15) is 5.69 Å². The molecule has 22 heavy (non-hydrogen) atoms. The third kappa shape index (κ3) is 3.00. The quantitative estimate of drug-likeness (QED) is 0.843. The van der Waals surface area contributed by atoms with Crippen molar-refractivity contribution in [2.75, 3.05) is 39.4 Å². The number of fused-ring (bicyclic) bond motifs is 3. The number of carbonyl (C=O) groups excluding carboxylic acids is 1. The van der Waals surface area contributed by atoms with Crippen LogP contribution in [0, 0.1) is 5.92 Å². The van der Waals surface area contributed by atoms with Crippen LogP contribution in [-0.2, 0) is 16.6 Å². The van der Waals surface area contributed by atoms with E-state index in [0.717, 1.165) is 0 Å². The molecule has 1 aromatic rings. The second kappa shape index (κ2) is 6.10. The van der Waals surface area contributed by atoms with Crippen molar-refractivity contribution >= 4 is 11.9 Å². The molecular weight excluding hydrogens is 286 g/mol. The number of ether oxygens (including phenoxy) is 1. The van der Waals surface area contributed by atoms with Crippen molar-refractivity contribution in [2.24, 2.45) is 13.0 Å². The topological polar surface area (TPSA) is 75.0 Å². The Morgan fingerprint density at radius 2 is 2.14 bits per heavy atom. The highest BCUT2D eigenvalue weighted by atomic mass is 16.5. The first-order chi connectivity index (χ1) is 10.5. The molecule has 2 fully saturated rings. The number of nitrogens with zero attached hydrogens (tertiary/aromatic N) is 3. The van der Waals surface area contributed by atoms with Gasteiger partial charge in [0.25, 0.3) is 5.91 Å². The summed E-state index contributed by atoms with van der Waals surface area (Å²) in [5.74, 6) is -0.692. The van der Waals surface area contributed by atoms with Crippen molar-refractivity contribution in [2.45, 2.75) is 6.04 Å². The molecule has 7 heteroatoms. The maximum Gasteiger partial charge on any atom is 0.317 e. The van der Waals surface area contributed by atoms with E-state index in [1.54, 1.807) is 0 Å². The summed E-state index contributed by atoms with van der Waals surface area (Å²) < 4.78 is 7.48. The molecular formula is C15H21N3O4. The van der Waals surface area contributed by atoms with Crippen LogP contribution in [0.25, 0.3) is 0 Å². The largest absolute Gasteiger partial charge is 0.480 e. The molecule has 2 aliphatic rings. The number of carboxylic acids is 1. The molecule has 1 amide bonds. The smallest absolute Gasteiger partial charge is 0.317 e. The van der Waals surface area contributed by atoms with Crippen molar-refractivity contribution in [3.63, 3.8) is 0 Å². The summed E-state index contributed by atoms with van der Waals surface area (Å²) in [7, 11) is 1.85. The van der Waals surface area contributed by atoms with Gasteiger partial charge in [-0.3, -0.25) is 14.5 Å². The van der Waals surface area contributed by atoms with Crippen LogP contribution in [0.3, 0.4) is 0 Å². The Labute approximate surface area is 129 Å². The van der Waals surface area contributed by atoms with Crippen molar-refractivity contribution in [3.05, 3.63) is 24.0 Å². The molecule has 0 spiro atoms. The number of hydrogen-bond acceptors (Lipinski definition) is 4. The Balaban J connectivity index is 1.82. The standard InChI is InChI=1S/C15H21N3O4/c1-16-4-2-3-13(16)15(21)18-6-11-5-17(8-14(19)20)7-12(18)10-22-9-11/h2-4,11-12H,5-10H2,1H3,(H,19,20)/t11-,12-/m0/s1. The predicted octanol–water partition coefficient (Wildman–Crippen LogP) is -0.117. The van der Waals surface area contributed by atoms with Crippen LogP contribution < -0.4 is 0 Å². The van der Waals surface area contributed by atoms with Gasteiger partial charge in [0.05, 0.1) is 25.8 Å². The summed E-state index contributed by atoms with van der Waals surface area (Å²) in [5.41, 5.74) is 0.650. The Kier molecular flexibility index (Phi) is 4.17. The lowest BCUT2D eigenvalue weighted by Gasteiger charge is -2.30. The second-order valence-electron chi connectivity index (χ2n) is 6.11. The van der Waals surface area contributed by atoms with Crippen molar-refractivity contribution in [3.8, 4) is 0 Å². The summed E-state index contributed by atoms with van der Waals surface area (Å²) in [5, 5.41) is 9.03. The first-order valence-electron chi connectivity index (χ1n) is 7.49. The molecule has 7 nitrogen and oxygen atoms in total. The Morgan fingerprint density at radius 1 is 1.32 bits per heavy atom. The lowest BCUT2D eigenvalue weighted by Crippen LogP contribution is -2.47. The lowest BCUT2D eigenvalue weighted by atomic mass is 10.1. The van der Waals surface area contributed by atoms with Gasteiger partial charge in [-0.05, 0) is 12.1 Å². The second-order valence-corrected chi connectivity index (χ2v) is 6.11. The molecule has 2 saturated heterocycles. The van der Waals surface area contributed by atoms with Crippen LogP contribution in [-0.4, -0.2) is 76.8 Å². The van der Waals surface area contributed by atoms with Gasteiger partial charge < -0.3 is 19.3 Å². The third-order valence-corrected chi connectivity index (χ3v) is 4.33. The fourth-order valence-electron chi connectivity index (χ4n) is 3.34. The van der Waals surface area contributed by atoms with Gasteiger partial charge >= 0.3 is 5.97 Å². The first kappa shape index (κ1) is 15.1. The highest BCUT2D eigenvalue weighted by Crippen LogP contribution is 2.21. The zero-order chi connectivity index (χ0) is 15.7. The maximum atomic E-state index is 12.8. The van der Waals surface area contributed by atoms with E-state index in [1.807, 2.05) is 39.7 Å². The van der Waals surface area contributed by atoms with Crippen molar-refractivity contribution in [1.82, 2.24) is 14.4 Å². The van der Waals surface area contributed by atoms with E-state index >= 15 is 0 Å². The SMILES string of the molecule is Cn1cccc1C(=O)N1C[C@H]2COC[C@@H]1CN(CC(=O)O)C2. The van der Waals surface area contributed by atoms with E-state index in [1.165, 1.54) is 0 Å². The first-order valence-corrected chi connectivity index (χ1v) is 7.49. The summed E-state index contributed by atoms with van der Waals surface area (Å²) in [6.45, 7) is 2.86. The average Bonchev–Trinajstić information content (AvgIpc) is 2.66. The molecule has 0 saturated carbocycles. The number of carboxylic acid groups (broad SMARTS) is 1. The molecule has 120 valence electrons. The molecule has 0 aliphatic carbocycles. The molecule has 2 aliphatic heterocycles. The monoisotopic (exact) mass is 307 g/mol. The summed E-state index contributed by atoms with van der Waals surface area (Å²) in [4.78, 5) is 27.6. The third-order valence-electron chi connectivity index (χ3n) is 4.33. The number of amides is 1. The molecule has 1 aromatic heterocycles. The fourth-order valence-corrected chi connectivity index (χ4v) is 3.34. The van der Waals surface area contributed by atoms with E-state index in [2.05, 4.69) is 0 Å². The zero-order valence-corrected chi connectivity index (χ0v) is 12.6. The molecule has 2 atom stereocenters. The van der Waals surface area contributed by atoms with Gasteiger partial charge in [-0.1, -0.05) is 0 Å². The number of aromatic nitrogens is 1. The Hall–Kier alpha value is -1.86. The van der Waals surface area contributed by atoms with Crippen molar-refractivity contribution in [1.29, 1.82) is 0 Å². The molecule has 1 N–H and O–H groups in total. The number of hydrogen-bond donors (Lipinski definition) is 1. The van der Waals surface area contributed by atoms with Crippen LogP contribution in [0.5, 0.6) is 0 Å². The van der Waals surface area contributed by atoms with Gasteiger partial charge in [-0.15, -0.1) is 0 Å². The van der Waals surface area contributed by atoms with Crippen LogP contribution in [0.4, 0.5) is 0 Å². The fraction of sp³-hybridized carbons (Fsp3) is 0.600. The van der Waals surface area contributed by atoms with E-state index in [0.29, 0.717) is 38.5 Å². The Bertz CT molecular complexity index is 571. The van der Waals surface area contributed by atoms with Gasteiger partial charge in [0.15, 0.2) is 0 Å². The number of rotatable bonds is 3. The van der Waals surface area contributed by atoms with E-state index in [9.17, 15) is 9.59 Å². The van der Waals surface area contributed by atoms with Gasteiger partial charge in [-0.25, -0.2) is 0 Å². The number of carbonyl (C=O) groups is 2.